The average Bonchev–Trinajstić information content (AvgIpc) is 2.60. The Morgan fingerprint density at radius 1 is 1.12 bits per heavy atom. The van der Waals surface area contributed by atoms with Gasteiger partial charge in [0.05, 0.1) is 4.90 Å². The number of aromatic nitrogens is 1. The van der Waals surface area contributed by atoms with Gasteiger partial charge in [0, 0.05) is 25.8 Å². The highest BCUT2D eigenvalue weighted by molar-refractivity contribution is 7.89. The summed E-state index contributed by atoms with van der Waals surface area (Å²) in [5, 5.41) is 0. The summed E-state index contributed by atoms with van der Waals surface area (Å²) in [5.41, 5.74) is 2.70. The number of benzene rings is 1. The number of nitrogens with one attached hydrogen (secondary N) is 1. The van der Waals surface area contributed by atoms with Gasteiger partial charge in [-0.1, -0.05) is 23.8 Å². The van der Waals surface area contributed by atoms with Crippen molar-refractivity contribution in [2.75, 3.05) is 24.5 Å². The number of aryl methyl sites for hydroxylation is 3. The molecule has 3 rings (SSSR count). The van der Waals surface area contributed by atoms with Crippen LogP contribution in [0.2, 0.25) is 0 Å². The summed E-state index contributed by atoms with van der Waals surface area (Å²) in [6, 6.07) is 9.78. The highest BCUT2D eigenvalue weighted by atomic mass is 32.2. The zero-order valence-corrected chi connectivity index (χ0v) is 16.5. The van der Waals surface area contributed by atoms with Crippen LogP contribution in [0.3, 0.4) is 0 Å². The Labute approximate surface area is 156 Å². The molecule has 0 aliphatic carbocycles. The molecular formula is C20H27N3O2S. The van der Waals surface area contributed by atoms with Crippen molar-refractivity contribution in [3.8, 4) is 0 Å². The minimum absolute atomic E-state index is 0.357. The topological polar surface area (TPSA) is 62.3 Å². The summed E-state index contributed by atoms with van der Waals surface area (Å²) in [5.74, 6) is 1.35. The molecule has 2 heterocycles. The van der Waals surface area contributed by atoms with Gasteiger partial charge in [0.25, 0.3) is 0 Å². The standard InChI is InChI=1S/C20H27N3O2S/c1-15-12-16(2)20(17(3)13-15)26(24,25)22-14-18-7-10-23(11-8-18)19-6-4-5-9-21-19/h4-6,9,12-13,18,22H,7-8,10-11,14H2,1-3H3. The van der Waals surface area contributed by atoms with E-state index in [0.29, 0.717) is 17.4 Å². The number of hydrogen-bond donors (Lipinski definition) is 1. The Kier molecular flexibility index (Phi) is 5.63. The third kappa shape index (κ3) is 4.24. The van der Waals surface area contributed by atoms with Crippen molar-refractivity contribution in [3.05, 3.63) is 53.2 Å². The number of piperidine rings is 1. The molecule has 1 fully saturated rings. The van der Waals surface area contributed by atoms with Crippen LogP contribution in [0.4, 0.5) is 5.82 Å². The minimum Gasteiger partial charge on any atom is -0.357 e. The molecule has 5 nitrogen and oxygen atoms in total. The van der Waals surface area contributed by atoms with Gasteiger partial charge in [0.1, 0.15) is 5.82 Å². The summed E-state index contributed by atoms with van der Waals surface area (Å²) >= 11 is 0. The Bertz CT molecular complexity index is 835. The number of anilines is 1. The molecule has 0 bridgehead atoms. The van der Waals surface area contributed by atoms with Gasteiger partial charge in [-0.05, 0) is 62.8 Å². The second kappa shape index (κ2) is 7.76. The molecule has 1 aliphatic rings. The lowest BCUT2D eigenvalue weighted by molar-refractivity contribution is 0.400. The van der Waals surface area contributed by atoms with Crippen molar-refractivity contribution in [3.63, 3.8) is 0 Å². The predicted octanol–water partition coefficient (Wildman–Crippen LogP) is 3.20. The second-order valence-electron chi connectivity index (χ2n) is 7.20. The van der Waals surface area contributed by atoms with Crippen molar-refractivity contribution < 1.29 is 8.42 Å². The van der Waals surface area contributed by atoms with Gasteiger partial charge in [-0.3, -0.25) is 0 Å². The van der Waals surface area contributed by atoms with Crippen molar-refractivity contribution >= 4 is 15.8 Å². The zero-order chi connectivity index (χ0) is 18.7. The molecule has 1 N–H and O–H groups in total. The summed E-state index contributed by atoms with van der Waals surface area (Å²) in [7, 11) is -3.48. The van der Waals surface area contributed by atoms with Crippen LogP contribution in [0.5, 0.6) is 0 Å². The largest absolute Gasteiger partial charge is 0.357 e. The molecule has 0 radical (unpaired) electrons. The van der Waals surface area contributed by atoms with Gasteiger partial charge in [0.15, 0.2) is 0 Å². The maximum Gasteiger partial charge on any atom is 0.241 e. The van der Waals surface area contributed by atoms with E-state index in [0.717, 1.165) is 48.4 Å². The van der Waals surface area contributed by atoms with E-state index < -0.39 is 10.0 Å². The smallest absolute Gasteiger partial charge is 0.241 e. The average molecular weight is 374 g/mol. The molecule has 1 aromatic carbocycles. The van der Waals surface area contributed by atoms with Crippen LogP contribution in [0, 0.1) is 26.7 Å². The van der Waals surface area contributed by atoms with E-state index >= 15 is 0 Å². The molecule has 0 spiro atoms. The normalized spacial score (nSPS) is 16.0. The molecule has 0 amide bonds. The lowest BCUT2D eigenvalue weighted by Crippen LogP contribution is -2.39. The first kappa shape index (κ1) is 18.9. The van der Waals surface area contributed by atoms with Crippen LogP contribution >= 0.6 is 0 Å². The van der Waals surface area contributed by atoms with E-state index in [1.54, 1.807) is 0 Å². The highest BCUT2D eigenvalue weighted by Crippen LogP contribution is 2.24. The molecule has 1 aliphatic heterocycles. The lowest BCUT2D eigenvalue weighted by Gasteiger charge is -2.32. The van der Waals surface area contributed by atoms with Gasteiger partial charge in [-0.15, -0.1) is 0 Å². The fraction of sp³-hybridized carbons (Fsp3) is 0.450. The van der Waals surface area contributed by atoms with Crippen LogP contribution in [-0.4, -0.2) is 33.0 Å². The molecular weight excluding hydrogens is 346 g/mol. The van der Waals surface area contributed by atoms with Gasteiger partial charge < -0.3 is 4.90 Å². The summed E-state index contributed by atoms with van der Waals surface area (Å²) in [6.07, 6.45) is 3.73. The quantitative estimate of drug-likeness (QED) is 0.874. The van der Waals surface area contributed by atoms with E-state index in [2.05, 4.69) is 14.6 Å². The fourth-order valence-electron chi connectivity index (χ4n) is 3.80. The van der Waals surface area contributed by atoms with Gasteiger partial charge in [-0.2, -0.15) is 0 Å². The summed E-state index contributed by atoms with van der Waals surface area (Å²) in [6.45, 7) is 8.02. The minimum atomic E-state index is -3.48. The van der Waals surface area contributed by atoms with Gasteiger partial charge in [0.2, 0.25) is 10.0 Å². The Balaban J connectivity index is 1.60. The van der Waals surface area contributed by atoms with E-state index in [1.165, 1.54) is 0 Å². The van der Waals surface area contributed by atoms with E-state index in [9.17, 15) is 8.42 Å². The first-order valence-corrected chi connectivity index (χ1v) is 10.6. The Morgan fingerprint density at radius 2 is 1.77 bits per heavy atom. The molecule has 1 aromatic heterocycles. The molecule has 6 heteroatoms. The van der Waals surface area contributed by atoms with Crippen LogP contribution in [0.25, 0.3) is 0 Å². The zero-order valence-electron chi connectivity index (χ0n) is 15.7. The molecule has 2 aromatic rings. The summed E-state index contributed by atoms with van der Waals surface area (Å²) < 4.78 is 28.4. The van der Waals surface area contributed by atoms with Crippen LogP contribution < -0.4 is 9.62 Å². The van der Waals surface area contributed by atoms with Gasteiger partial charge in [-0.25, -0.2) is 18.1 Å². The molecule has 0 unspecified atom stereocenters. The van der Waals surface area contributed by atoms with Crippen LogP contribution in [0.15, 0.2) is 41.4 Å². The molecule has 140 valence electrons. The number of nitrogens with zero attached hydrogens (tertiary/aromatic N) is 2. The SMILES string of the molecule is Cc1cc(C)c(S(=O)(=O)NCC2CCN(c3ccccn3)CC2)c(C)c1. The number of pyridine rings is 1. The van der Waals surface area contributed by atoms with Gasteiger partial charge >= 0.3 is 0 Å². The van der Waals surface area contributed by atoms with Crippen molar-refractivity contribution in [1.82, 2.24) is 9.71 Å². The van der Waals surface area contributed by atoms with Crippen LogP contribution in [0.1, 0.15) is 29.5 Å². The maximum atomic E-state index is 12.8. The molecule has 0 saturated carbocycles. The third-order valence-electron chi connectivity index (χ3n) is 5.02. The number of rotatable bonds is 5. The number of hydrogen-bond acceptors (Lipinski definition) is 4. The second-order valence-corrected chi connectivity index (χ2v) is 8.90. The Morgan fingerprint density at radius 3 is 2.35 bits per heavy atom. The lowest BCUT2D eigenvalue weighted by atomic mass is 9.97. The first-order chi connectivity index (χ1) is 12.4. The van der Waals surface area contributed by atoms with E-state index in [-0.39, 0.29) is 0 Å². The third-order valence-corrected chi connectivity index (χ3v) is 6.75. The van der Waals surface area contributed by atoms with Crippen molar-refractivity contribution in [2.45, 2.75) is 38.5 Å². The summed E-state index contributed by atoms with van der Waals surface area (Å²) in [4.78, 5) is 7.08. The highest BCUT2D eigenvalue weighted by Gasteiger charge is 2.24. The monoisotopic (exact) mass is 373 g/mol. The van der Waals surface area contributed by atoms with E-state index in [1.807, 2.05) is 57.3 Å². The first-order valence-electron chi connectivity index (χ1n) is 9.10. The van der Waals surface area contributed by atoms with E-state index in [4.69, 9.17) is 0 Å². The molecule has 26 heavy (non-hydrogen) atoms. The van der Waals surface area contributed by atoms with Crippen molar-refractivity contribution in [2.24, 2.45) is 5.92 Å². The fourth-order valence-corrected chi connectivity index (χ4v) is 5.36. The predicted molar refractivity (Wildman–Crippen MR) is 105 cm³/mol. The maximum absolute atomic E-state index is 12.8. The molecule has 0 atom stereocenters. The van der Waals surface area contributed by atoms with Crippen LogP contribution in [-0.2, 0) is 10.0 Å². The number of sulfonamides is 1. The van der Waals surface area contributed by atoms with Crippen molar-refractivity contribution in [1.29, 1.82) is 0 Å². The Hall–Kier alpha value is -1.92. The molecule has 1 saturated heterocycles.